The maximum atomic E-state index is 13.5. The zero-order valence-electron chi connectivity index (χ0n) is 21.2. The lowest BCUT2D eigenvalue weighted by molar-refractivity contribution is -0.137. The highest BCUT2D eigenvalue weighted by atomic mass is 16.2. The lowest BCUT2D eigenvalue weighted by Gasteiger charge is -2.24. The highest BCUT2D eigenvalue weighted by Gasteiger charge is 2.38. The summed E-state index contributed by atoms with van der Waals surface area (Å²) in [5.41, 5.74) is 7.60. The van der Waals surface area contributed by atoms with Crippen molar-refractivity contribution in [2.45, 2.75) is 25.9 Å². The van der Waals surface area contributed by atoms with Crippen molar-refractivity contribution in [3.8, 4) is 11.1 Å². The Kier molecular flexibility index (Phi) is 6.01. The van der Waals surface area contributed by atoms with Crippen molar-refractivity contribution in [3.05, 3.63) is 59.0 Å². The van der Waals surface area contributed by atoms with Crippen molar-refractivity contribution in [2.75, 3.05) is 11.9 Å². The molecule has 0 radical (unpaired) electrons. The molecule has 0 aliphatic carbocycles. The maximum absolute atomic E-state index is 13.5. The van der Waals surface area contributed by atoms with Gasteiger partial charge in [0.15, 0.2) is 16.9 Å². The molecule has 5 N–H and O–H groups in total. The molecule has 0 saturated carbocycles. The van der Waals surface area contributed by atoms with Gasteiger partial charge in [0.25, 0.3) is 11.5 Å². The minimum absolute atomic E-state index is 0.0273. The summed E-state index contributed by atoms with van der Waals surface area (Å²) in [7, 11) is 0. The van der Waals surface area contributed by atoms with Crippen LogP contribution in [0.5, 0.6) is 0 Å². The Morgan fingerprint density at radius 1 is 1.18 bits per heavy atom. The van der Waals surface area contributed by atoms with Gasteiger partial charge in [-0.3, -0.25) is 34.2 Å². The first-order valence-electron chi connectivity index (χ1n) is 12.4. The van der Waals surface area contributed by atoms with E-state index in [-0.39, 0.29) is 41.2 Å². The van der Waals surface area contributed by atoms with Crippen LogP contribution in [-0.4, -0.2) is 75.1 Å². The van der Waals surface area contributed by atoms with E-state index in [4.69, 9.17) is 5.73 Å². The fourth-order valence-electron chi connectivity index (χ4n) is 5.01. The number of benzene rings is 1. The molecule has 3 amide bonds. The van der Waals surface area contributed by atoms with Gasteiger partial charge in [0, 0.05) is 17.5 Å². The number of anilines is 1. The number of amides is 3. The minimum Gasteiger partial charge on any atom is -0.364 e. The third-order valence-corrected chi connectivity index (χ3v) is 6.86. The number of fused-ring (bicyclic) bond motifs is 2. The first kappa shape index (κ1) is 24.8. The van der Waals surface area contributed by atoms with Crippen LogP contribution in [0.1, 0.15) is 23.8 Å². The molecule has 15 heteroatoms. The first-order valence-corrected chi connectivity index (χ1v) is 12.4. The smallest absolute Gasteiger partial charge is 0.278 e. The van der Waals surface area contributed by atoms with E-state index in [0.29, 0.717) is 23.9 Å². The molecule has 1 aliphatic heterocycles. The van der Waals surface area contributed by atoms with Crippen molar-refractivity contribution in [3.63, 3.8) is 0 Å². The summed E-state index contributed by atoms with van der Waals surface area (Å²) in [4.78, 5) is 65.9. The van der Waals surface area contributed by atoms with Crippen LogP contribution in [-0.2, 0) is 16.1 Å². The molecule has 5 heterocycles. The van der Waals surface area contributed by atoms with Crippen LogP contribution in [0, 0.1) is 5.92 Å². The van der Waals surface area contributed by atoms with Crippen molar-refractivity contribution in [2.24, 2.45) is 11.7 Å². The van der Waals surface area contributed by atoms with E-state index >= 15 is 0 Å². The van der Waals surface area contributed by atoms with Gasteiger partial charge in [-0.1, -0.05) is 13.0 Å². The van der Waals surface area contributed by atoms with Crippen LogP contribution < -0.4 is 16.6 Å². The first-order chi connectivity index (χ1) is 19.3. The van der Waals surface area contributed by atoms with Crippen LogP contribution in [0.3, 0.4) is 0 Å². The van der Waals surface area contributed by atoms with Crippen LogP contribution in [0.2, 0.25) is 0 Å². The Bertz CT molecular complexity index is 1840. The van der Waals surface area contributed by atoms with Gasteiger partial charge in [-0.25, -0.2) is 4.98 Å². The largest absolute Gasteiger partial charge is 0.364 e. The number of likely N-dealkylation sites (tertiary alicyclic amines) is 1. The quantitative estimate of drug-likeness (QED) is 0.234. The molecule has 5 aromatic rings. The minimum atomic E-state index is -0.800. The molecule has 15 nitrogen and oxygen atoms in total. The number of rotatable bonds is 6. The van der Waals surface area contributed by atoms with E-state index < -0.39 is 23.4 Å². The van der Waals surface area contributed by atoms with E-state index in [1.807, 2.05) is 13.0 Å². The summed E-state index contributed by atoms with van der Waals surface area (Å²) in [6, 6.07) is 6.32. The fourth-order valence-corrected chi connectivity index (χ4v) is 5.01. The zero-order chi connectivity index (χ0) is 28.0. The lowest BCUT2D eigenvalue weighted by atomic mass is 10.0. The average Bonchev–Trinajstić information content (AvgIpc) is 3.66. The van der Waals surface area contributed by atoms with Gasteiger partial charge in [0.2, 0.25) is 17.8 Å². The summed E-state index contributed by atoms with van der Waals surface area (Å²) in [5.74, 6) is -1.60. The second-order valence-corrected chi connectivity index (χ2v) is 9.64. The molecule has 2 unspecified atom stereocenters. The predicted molar refractivity (Wildman–Crippen MR) is 142 cm³/mol. The van der Waals surface area contributed by atoms with Gasteiger partial charge < -0.3 is 15.6 Å². The number of nitrogens with zero attached hydrogens (tertiary/aromatic N) is 7. The highest BCUT2D eigenvalue weighted by molar-refractivity contribution is 6.05. The topological polar surface area (TPSA) is 211 Å². The Balaban J connectivity index is 1.26. The lowest BCUT2D eigenvalue weighted by Crippen LogP contribution is -2.45. The molecular weight excluding hydrogens is 518 g/mol. The molecule has 1 aliphatic rings. The third kappa shape index (κ3) is 4.42. The van der Waals surface area contributed by atoms with E-state index in [9.17, 15) is 19.2 Å². The van der Waals surface area contributed by atoms with E-state index in [0.717, 1.165) is 11.1 Å². The summed E-state index contributed by atoms with van der Waals surface area (Å²) in [6.45, 7) is 2.07. The maximum Gasteiger partial charge on any atom is 0.278 e. The molecule has 1 saturated heterocycles. The molecular formula is C25H23N11O4. The second kappa shape index (κ2) is 9.68. The van der Waals surface area contributed by atoms with Gasteiger partial charge in [-0.2, -0.15) is 20.3 Å². The molecule has 1 aromatic carbocycles. The number of nitrogens with two attached hydrogens (primary N) is 1. The molecule has 2 atom stereocenters. The van der Waals surface area contributed by atoms with Gasteiger partial charge in [0.05, 0.1) is 24.2 Å². The van der Waals surface area contributed by atoms with E-state index in [1.165, 1.54) is 15.9 Å². The molecule has 6 rings (SSSR count). The van der Waals surface area contributed by atoms with Crippen molar-refractivity contribution in [1.82, 2.24) is 44.8 Å². The van der Waals surface area contributed by atoms with Gasteiger partial charge in [-0.05, 0) is 36.1 Å². The standard InChI is InChI=1S/C25H23N11O4/c1-12-6-17(23(39)32-25-31-22-20(24(40)33-25)27-11-28-22)35(9-12)18(37)10-36-16-3-2-13(14-4-5-29-30-8-14)7-15(16)19(34-36)21(26)38/h2-5,7-8,11-12,17H,6,9-10H2,1H3,(H2,26,38)(H3,27,28,31,32,33,39,40). The Hall–Kier alpha value is -5.47. The number of nitrogens with one attached hydrogen (secondary N) is 3. The van der Waals surface area contributed by atoms with E-state index in [1.54, 1.807) is 30.6 Å². The van der Waals surface area contributed by atoms with Crippen LogP contribution in [0.25, 0.3) is 33.2 Å². The summed E-state index contributed by atoms with van der Waals surface area (Å²) < 4.78 is 1.41. The number of primary amides is 1. The number of hydrogen-bond acceptors (Lipinski definition) is 9. The monoisotopic (exact) mass is 541 g/mol. The summed E-state index contributed by atoms with van der Waals surface area (Å²) in [5, 5.41) is 15.1. The number of carbonyl (C=O) groups is 3. The molecule has 1 fully saturated rings. The fraction of sp³-hybridized carbons (Fsp3) is 0.240. The van der Waals surface area contributed by atoms with Crippen LogP contribution >= 0.6 is 0 Å². The van der Waals surface area contributed by atoms with Gasteiger partial charge in [-0.15, -0.1) is 0 Å². The van der Waals surface area contributed by atoms with Crippen LogP contribution in [0.4, 0.5) is 5.95 Å². The molecule has 202 valence electrons. The molecule has 4 aromatic heterocycles. The Morgan fingerprint density at radius 2 is 2.02 bits per heavy atom. The normalized spacial score (nSPS) is 17.0. The number of aromatic amines is 2. The third-order valence-electron chi connectivity index (χ3n) is 6.86. The Morgan fingerprint density at radius 3 is 2.80 bits per heavy atom. The van der Waals surface area contributed by atoms with Crippen LogP contribution in [0.15, 0.2) is 47.8 Å². The van der Waals surface area contributed by atoms with Gasteiger partial charge >= 0.3 is 0 Å². The van der Waals surface area contributed by atoms with Crippen molar-refractivity contribution in [1.29, 1.82) is 0 Å². The Labute approximate surface area is 224 Å². The average molecular weight is 542 g/mol. The summed E-state index contributed by atoms with van der Waals surface area (Å²) >= 11 is 0. The van der Waals surface area contributed by atoms with Crippen molar-refractivity contribution >= 4 is 45.7 Å². The number of H-pyrrole nitrogens is 2. The SMILES string of the molecule is CC1CC(C(=O)Nc2nc3nc[nH]c3c(=O)[nH]2)N(C(=O)Cn2nc(C(N)=O)c3cc(-c4ccnnc4)ccc32)C1. The number of hydrogen-bond donors (Lipinski definition) is 4. The highest BCUT2D eigenvalue weighted by Crippen LogP contribution is 2.28. The number of imidazole rings is 1. The molecule has 0 spiro atoms. The second-order valence-electron chi connectivity index (χ2n) is 9.64. The predicted octanol–water partition coefficient (Wildman–Crippen LogP) is 0.428. The molecule has 0 bridgehead atoms. The van der Waals surface area contributed by atoms with Gasteiger partial charge in [0.1, 0.15) is 12.6 Å². The number of aromatic nitrogens is 8. The van der Waals surface area contributed by atoms with Crippen molar-refractivity contribution < 1.29 is 14.4 Å². The summed E-state index contributed by atoms with van der Waals surface area (Å²) in [6.07, 6.45) is 4.90. The zero-order valence-corrected chi connectivity index (χ0v) is 21.2. The number of carbonyl (C=O) groups excluding carboxylic acids is 3. The molecule has 40 heavy (non-hydrogen) atoms. The van der Waals surface area contributed by atoms with E-state index in [2.05, 4.69) is 40.5 Å².